The normalized spacial score (nSPS) is 29.2. The van der Waals surface area contributed by atoms with E-state index in [0.29, 0.717) is 24.0 Å². The molecule has 2 saturated heterocycles. The highest BCUT2D eigenvalue weighted by Crippen LogP contribution is 2.46. The van der Waals surface area contributed by atoms with Gasteiger partial charge in [0, 0.05) is 17.7 Å². The van der Waals surface area contributed by atoms with Crippen molar-refractivity contribution >= 4 is 17.7 Å². The second-order valence-corrected chi connectivity index (χ2v) is 8.59. The Bertz CT molecular complexity index is 477. The molecule has 0 radical (unpaired) electrons. The fourth-order valence-corrected chi connectivity index (χ4v) is 4.95. The number of carbonyl (C=O) groups is 1. The molecule has 2 bridgehead atoms. The van der Waals surface area contributed by atoms with E-state index in [-0.39, 0.29) is 6.10 Å². The van der Waals surface area contributed by atoms with E-state index in [1.165, 1.54) is 25.3 Å². The molecule has 2 fully saturated rings. The minimum absolute atomic E-state index is 0.324. The van der Waals surface area contributed by atoms with E-state index in [4.69, 9.17) is 9.84 Å². The lowest BCUT2D eigenvalue weighted by atomic mass is 9.77. The molecule has 1 unspecified atom stereocenters. The number of aliphatic carboxylic acids is 1. The number of ether oxygens (including phenoxy) is 1. The third kappa shape index (κ3) is 7.09. The molecule has 2 aliphatic rings. The van der Waals surface area contributed by atoms with Crippen molar-refractivity contribution in [2.75, 3.05) is 11.5 Å². The average molecular weight is 383 g/mol. The summed E-state index contributed by atoms with van der Waals surface area (Å²) in [6, 6.07) is 0. The van der Waals surface area contributed by atoms with Crippen LogP contribution in [0.1, 0.15) is 58.3 Å². The molecule has 5 heteroatoms. The van der Waals surface area contributed by atoms with Gasteiger partial charge in [-0.2, -0.15) is 11.8 Å². The summed E-state index contributed by atoms with van der Waals surface area (Å²) in [7, 11) is 0. The zero-order chi connectivity index (χ0) is 18.8. The van der Waals surface area contributed by atoms with Crippen molar-refractivity contribution in [1.29, 1.82) is 0 Å². The predicted octanol–water partition coefficient (Wildman–Crippen LogP) is 4.43. The minimum atomic E-state index is -0.884. The van der Waals surface area contributed by atoms with Crippen LogP contribution in [0.2, 0.25) is 0 Å². The Balaban J connectivity index is 1.73. The largest absolute Gasteiger partial charge is 0.478 e. The maximum atomic E-state index is 10.5. The van der Waals surface area contributed by atoms with Crippen molar-refractivity contribution in [3.63, 3.8) is 0 Å². The first-order valence-electron chi connectivity index (χ1n) is 10.1. The van der Waals surface area contributed by atoms with Gasteiger partial charge in [-0.3, -0.25) is 0 Å². The SMILES string of the molecule is CCCCCCC(O)C=C[C@@H]1[C@H](CCSCC=CC(=O)O)[C@@H]2CC[C@H]1O2. The lowest BCUT2D eigenvalue weighted by Crippen LogP contribution is -2.26. The second kappa shape index (κ2) is 11.8. The Morgan fingerprint density at radius 2 is 2.08 bits per heavy atom. The van der Waals surface area contributed by atoms with Crippen molar-refractivity contribution in [1.82, 2.24) is 0 Å². The van der Waals surface area contributed by atoms with E-state index < -0.39 is 5.97 Å². The van der Waals surface area contributed by atoms with Crippen molar-refractivity contribution in [2.24, 2.45) is 11.8 Å². The molecule has 2 rings (SSSR count). The molecule has 0 spiro atoms. The van der Waals surface area contributed by atoms with Gasteiger partial charge in [0.15, 0.2) is 0 Å². The molecule has 0 aromatic carbocycles. The fourth-order valence-electron chi connectivity index (χ4n) is 4.11. The summed E-state index contributed by atoms with van der Waals surface area (Å²) in [5, 5.41) is 18.8. The highest BCUT2D eigenvalue weighted by Gasteiger charge is 2.47. The average Bonchev–Trinajstić information content (AvgIpc) is 3.21. The number of carboxylic acids is 1. The first-order valence-corrected chi connectivity index (χ1v) is 11.3. The molecule has 0 saturated carbocycles. The van der Waals surface area contributed by atoms with Crippen LogP contribution < -0.4 is 0 Å². The van der Waals surface area contributed by atoms with E-state index in [0.717, 1.165) is 43.6 Å². The van der Waals surface area contributed by atoms with Crippen molar-refractivity contribution in [3.8, 4) is 0 Å². The number of carboxylic acid groups (broad SMARTS) is 1. The number of unbranched alkanes of at least 4 members (excludes halogenated alkanes) is 3. The number of hydrogen-bond donors (Lipinski definition) is 2. The Morgan fingerprint density at radius 1 is 1.27 bits per heavy atom. The first kappa shape index (κ1) is 21.5. The summed E-state index contributed by atoms with van der Waals surface area (Å²) >= 11 is 1.77. The zero-order valence-corrected chi connectivity index (χ0v) is 16.7. The number of thioether (sulfide) groups is 1. The van der Waals surface area contributed by atoms with Gasteiger partial charge in [-0.25, -0.2) is 4.79 Å². The molecule has 2 aliphatic heterocycles. The van der Waals surface area contributed by atoms with E-state index in [2.05, 4.69) is 13.0 Å². The quantitative estimate of drug-likeness (QED) is 0.280. The summed E-state index contributed by atoms with van der Waals surface area (Å²) < 4.78 is 6.12. The second-order valence-electron chi connectivity index (χ2n) is 7.44. The molecule has 148 valence electrons. The molecule has 2 heterocycles. The Kier molecular flexibility index (Phi) is 9.79. The van der Waals surface area contributed by atoms with Crippen LogP contribution in [0.3, 0.4) is 0 Å². The molecule has 0 aromatic rings. The summed E-state index contributed by atoms with van der Waals surface area (Å²) in [5.74, 6) is 1.84. The van der Waals surface area contributed by atoms with Crippen molar-refractivity contribution < 1.29 is 19.7 Å². The molecular formula is C21H34O4S. The Morgan fingerprint density at radius 3 is 2.85 bits per heavy atom. The summed E-state index contributed by atoms with van der Waals surface area (Å²) in [5.41, 5.74) is 0. The maximum Gasteiger partial charge on any atom is 0.328 e. The van der Waals surface area contributed by atoms with Crippen molar-refractivity contribution in [3.05, 3.63) is 24.3 Å². The Hall–Kier alpha value is -0.780. The molecule has 5 atom stereocenters. The van der Waals surface area contributed by atoms with Crippen LogP contribution in [0.15, 0.2) is 24.3 Å². The van der Waals surface area contributed by atoms with Crippen LogP contribution in [0.5, 0.6) is 0 Å². The monoisotopic (exact) mass is 382 g/mol. The predicted molar refractivity (Wildman–Crippen MR) is 107 cm³/mol. The highest BCUT2D eigenvalue weighted by molar-refractivity contribution is 7.99. The van der Waals surface area contributed by atoms with Gasteiger partial charge >= 0.3 is 5.97 Å². The van der Waals surface area contributed by atoms with Crippen LogP contribution >= 0.6 is 11.8 Å². The lowest BCUT2D eigenvalue weighted by molar-refractivity contribution is -0.131. The van der Waals surface area contributed by atoms with Gasteiger partial charge in [0.25, 0.3) is 0 Å². The lowest BCUT2D eigenvalue weighted by Gasteiger charge is -2.25. The number of rotatable bonds is 13. The van der Waals surface area contributed by atoms with E-state index in [9.17, 15) is 9.90 Å². The van der Waals surface area contributed by atoms with Gasteiger partial charge in [-0.05, 0) is 37.4 Å². The summed E-state index contributed by atoms with van der Waals surface area (Å²) in [6.07, 6.45) is 16.5. The van der Waals surface area contributed by atoms with Crippen LogP contribution in [0.4, 0.5) is 0 Å². The zero-order valence-electron chi connectivity index (χ0n) is 15.9. The maximum absolute atomic E-state index is 10.5. The molecular weight excluding hydrogens is 348 g/mol. The van der Waals surface area contributed by atoms with Gasteiger partial charge < -0.3 is 14.9 Å². The van der Waals surface area contributed by atoms with Crippen LogP contribution in [0, 0.1) is 11.8 Å². The third-order valence-corrected chi connectivity index (χ3v) is 6.42. The van der Waals surface area contributed by atoms with Gasteiger partial charge in [-0.15, -0.1) is 0 Å². The van der Waals surface area contributed by atoms with E-state index in [1.54, 1.807) is 17.8 Å². The molecule has 0 aliphatic carbocycles. The van der Waals surface area contributed by atoms with Gasteiger partial charge in [0.05, 0.1) is 18.3 Å². The van der Waals surface area contributed by atoms with Crippen LogP contribution in [-0.4, -0.2) is 46.0 Å². The smallest absolute Gasteiger partial charge is 0.328 e. The Labute approximate surface area is 162 Å². The molecule has 0 amide bonds. The van der Waals surface area contributed by atoms with Gasteiger partial charge in [0.1, 0.15) is 0 Å². The first-order chi connectivity index (χ1) is 12.6. The van der Waals surface area contributed by atoms with E-state index in [1.807, 2.05) is 6.08 Å². The van der Waals surface area contributed by atoms with Gasteiger partial charge in [-0.1, -0.05) is 50.8 Å². The minimum Gasteiger partial charge on any atom is -0.478 e. The number of hydrogen-bond acceptors (Lipinski definition) is 4. The number of aliphatic hydroxyl groups excluding tert-OH is 1. The molecule has 26 heavy (non-hydrogen) atoms. The van der Waals surface area contributed by atoms with Crippen molar-refractivity contribution in [2.45, 2.75) is 76.6 Å². The molecule has 2 N–H and O–H groups in total. The highest BCUT2D eigenvalue weighted by atomic mass is 32.2. The third-order valence-electron chi connectivity index (χ3n) is 5.47. The van der Waals surface area contributed by atoms with Crippen LogP contribution in [0.25, 0.3) is 0 Å². The topological polar surface area (TPSA) is 66.8 Å². The number of fused-ring (bicyclic) bond motifs is 2. The molecule has 0 aromatic heterocycles. The number of aliphatic hydroxyl groups is 1. The summed E-state index contributed by atoms with van der Waals surface area (Å²) in [4.78, 5) is 10.5. The van der Waals surface area contributed by atoms with Gasteiger partial charge in [0.2, 0.25) is 0 Å². The molecule has 4 nitrogen and oxygen atoms in total. The van der Waals surface area contributed by atoms with E-state index >= 15 is 0 Å². The van der Waals surface area contributed by atoms with Crippen LogP contribution in [-0.2, 0) is 9.53 Å². The standard InChI is InChI=1S/C21H34O4S/c1-2-3-4-5-7-16(22)9-10-17-18(20-12-11-19(17)25-20)13-15-26-14-6-8-21(23)24/h6,8-10,16-20,22H,2-5,7,11-15H2,1H3,(H,23,24)/t16?,17-,18+,19-,20+/m1/s1. The summed E-state index contributed by atoms with van der Waals surface area (Å²) in [6.45, 7) is 2.20. The fraction of sp³-hybridized carbons (Fsp3) is 0.762.